The Morgan fingerprint density at radius 3 is 2.74 bits per heavy atom. The molecular weight excluding hydrogens is 294 g/mol. The van der Waals surface area contributed by atoms with Gasteiger partial charge in [-0.25, -0.2) is 9.69 Å². The summed E-state index contributed by atoms with van der Waals surface area (Å²) in [5.74, 6) is 0.0638. The van der Waals surface area contributed by atoms with Crippen LogP contribution in [0.2, 0.25) is 0 Å². The van der Waals surface area contributed by atoms with Crippen molar-refractivity contribution in [3.8, 4) is 0 Å². The highest BCUT2D eigenvalue weighted by Gasteiger charge is 2.38. The van der Waals surface area contributed by atoms with Crippen molar-refractivity contribution in [2.24, 2.45) is 5.92 Å². The van der Waals surface area contributed by atoms with Crippen molar-refractivity contribution in [3.05, 3.63) is 35.9 Å². The van der Waals surface area contributed by atoms with Gasteiger partial charge in [0, 0.05) is 13.0 Å². The Kier molecular flexibility index (Phi) is 6.59. The quantitative estimate of drug-likeness (QED) is 0.689. The molecular formula is C18H25NO4. The molecule has 1 saturated heterocycles. The molecule has 5 heteroatoms. The first-order chi connectivity index (χ1) is 11.1. The summed E-state index contributed by atoms with van der Waals surface area (Å²) in [5.41, 5.74) is 1.14. The standard InChI is InChI=1S/C18H25NO4/c1-14(2)16-13-23-18(21)19(16)17(20)10-6-7-11-22-12-15-8-4-3-5-9-15/h3-5,8-9,14,16H,6-7,10-13H2,1-2H3/t16-/m1/s1. The lowest BCUT2D eigenvalue weighted by molar-refractivity contribution is -0.129. The zero-order chi connectivity index (χ0) is 16.7. The minimum atomic E-state index is -0.506. The van der Waals surface area contributed by atoms with E-state index in [0.29, 0.717) is 32.7 Å². The van der Waals surface area contributed by atoms with Gasteiger partial charge in [0.2, 0.25) is 5.91 Å². The minimum Gasteiger partial charge on any atom is -0.447 e. The highest BCUT2D eigenvalue weighted by molar-refractivity contribution is 5.93. The van der Waals surface area contributed by atoms with Crippen molar-refractivity contribution in [1.82, 2.24) is 4.90 Å². The smallest absolute Gasteiger partial charge is 0.416 e. The van der Waals surface area contributed by atoms with Crippen LogP contribution in [0, 0.1) is 5.92 Å². The molecule has 2 rings (SSSR count). The highest BCUT2D eigenvalue weighted by Crippen LogP contribution is 2.21. The molecule has 0 unspecified atom stereocenters. The second kappa shape index (κ2) is 8.67. The van der Waals surface area contributed by atoms with Crippen molar-refractivity contribution >= 4 is 12.0 Å². The van der Waals surface area contributed by atoms with Crippen LogP contribution in [-0.2, 0) is 20.9 Å². The van der Waals surface area contributed by atoms with Gasteiger partial charge in [-0.05, 0) is 24.3 Å². The van der Waals surface area contributed by atoms with Gasteiger partial charge in [0.05, 0.1) is 12.6 Å². The van der Waals surface area contributed by atoms with Crippen molar-refractivity contribution in [1.29, 1.82) is 0 Å². The average molecular weight is 319 g/mol. The third kappa shape index (κ3) is 5.06. The summed E-state index contributed by atoms with van der Waals surface area (Å²) in [4.78, 5) is 25.2. The van der Waals surface area contributed by atoms with E-state index >= 15 is 0 Å². The SMILES string of the molecule is CC(C)[C@H]1COC(=O)N1C(=O)CCCCOCc1ccccc1. The van der Waals surface area contributed by atoms with Crippen molar-refractivity contribution in [3.63, 3.8) is 0 Å². The number of amides is 2. The molecule has 5 nitrogen and oxygen atoms in total. The van der Waals surface area contributed by atoms with E-state index in [-0.39, 0.29) is 17.9 Å². The molecule has 126 valence electrons. The van der Waals surface area contributed by atoms with Gasteiger partial charge in [0.1, 0.15) is 6.61 Å². The Morgan fingerprint density at radius 2 is 2.04 bits per heavy atom. The second-order valence-electron chi connectivity index (χ2n) is 6.15. The first kappa shape index (κ1) is 17.5. The fourth-order valence-electron chi connectivity index (χ4n) is 2.58. The zero-order valence-electron chi connectivity index (χ0n) is 13.9. The molecule has 0 saturated carbocycles. The number of unbranched alkanes of at least 4 members (excludes halogenated alkanes) is 1. The fourth-order valence-corrected chi connectivity index (χ4v) is 2.58. The molecule has 0 radical (unpaired) electrons. The van der Waals surface area contributed by atoms with E-state index in [1.54, 1.807) is 0 Å². The number of ether oxygens (including phenoxy) is 2. The van der Waals surface area contributed by atoms with Crippen LogP contribution in [0.25, 0.3) is 0 Å². The van der Waals surface area contributed by atoms with Crippen LogP contribution < -0.4 is 0 Å². The van der Waals surface area contributed by atoms with E-state index in [0.717, 1.165) is 12.0 Å². The Hall–Kier alpha value is -1.88. The van der Waals surface area contributed by atoms with E-state index in [2.05, 4.69) is 0 Å². The highest BCUT2D eigenvalue weighted by atomic mass is 16.6. The molecule has 1 aliphatic heterocycles. The third-order valence-corrected chi connectivity index (χ3v) is 3.99. The maximum absolute atomic E-state index is 12.2. The summed E-state index contributed by atoms with van der Waals surface area (Å²) >= 11 is 0. The summed E-state index contributed by atoms with van der Waals surface area (Å²) < 4.78 is 10.6. The molecule has 0 aromatic heterocycles. The maximum atomic E-state index is 12.2. The minimum absolute atomic E-state index is 0.135. The van der Waals surface area contributed by atoms with Crippen molar-refractivity contribution in [2.75, 3.05) is 13.2 Å². The number of carbonyl (C=O) groups excluding carboxylic acids is 2. The number of cyclic esters (lactones) is 1. The number of hydrogen-bond donors (Lipinski definition) is 0. The molecule has 1 heterocycles. The predicted octanol–water partition coefficient (Wildman–Crippen LogP) is 3.38. The Morgan fingerprint density at radius 1 is 1.30 bits per heavy atom. The monoisotopic (exact) mass is 319 g/mol. The van der Waals surface area contributed by atoms with Crippen LogP contribution >= 0.6 is 0 Å². The molecule has 0 spiro atoms. The molecule has 1 atom stereocenters. The van der Waals surface area contributed by atoms with E-state index in [1.807, 2.05) is 44.2 Å². The summed E-state index contributed by atoms with van der Waals surface area (Å²) in [6.07, 6.45) is 1.36. The van der Waals surface area contributed by atoms with Gasteiger partial charge < -0.3 is 9.47 Å². The van der Waals surface area contributed by atoms with Crippen LogP contribution in [0.1, 0.15) is 38.7 Å². The molecule has 2 amide bonds. The van der Waals surface area contributed by atoms with Gasteiger partial charge in [-0.2, -0.15) is 0 Å². The number of carbonyl (C=O) groups is 2. The number of rotatable bonds is 8. The second-order valence-corrected chi connectivity index (χ2v) is 6.15. The van der Waals surface area contributed by atoms with Crippen LogP contribution in [0.3, 0.4) is 0 Å². The fraction of sp³-hybridized carbons (Fsp3) is 0.556. The summed E-state index contributed by atoms with van der Waals surface area (Å²) in [7, 11) is 0. The predicted molar refractivity (Wildman–Crippen MR) is 86.8 cm³/mol. The Labute approximate surface area is 137 Å². The van der Waals surface area contributed by atoms with Crippen molar-refractivity contribution < 1.29 is 19.1 Å². The number of nitrogens with zero attached hydrogens (tertiary/aromatic N) is 1. The molecule has 0 aliphatic carbocycles. The first-order valence-electron chi connectivity index (χ1n) is 8.20. The number of benzene rings is 1. The summed E-state index contributed by atoms with van der Waals surface area (Å²) in [6.45, 7) is 5.49. The summed E-state index contributed by atoms with van der Waals surface area (Å²) in [6, 6.07) is 9.85. The molecule has 1 aliphatic rings. The van der Waals surface area contributed by atoms with Gasteiger partial charge in [-0.1, -0.05) is 44.2 Å². The average Bonchev–Trinajstić information content (AvgIpc) is 2.93. The molecule has 23 heavy (non-hydrogen) atoms. The molecule has 1 aromatic rings. The van der Waals surface area contributed by atoms with Gasteiger partial charge in [0.25, 0.3) is 0 Å². The van der Waals surface area contributed by atoms with Crippen LogP contribution in [0.4, 0.5) is 4.79 Å². The van der Waals surface area contributed by atoms with Gasteiger partial charge in [-0.3, -0.25) is 4.79 Å². The zero-order valence-corrected chi connectivity index (χ0v) is 13.9. The van der Waals surface area contributed by atoms with Crippen LogP contribution in [0.5, 0.6) is 0 Å². The number of hydrogen-bond acceptors (Lipinski definition) is 4. The lowest BCUT2D eigenvalue weighted by atomic mass is 10.0. The van der Waals surface area contributed by atoms with Gasteiger partial charge in [0.15, 0.2) is 0 Å². The van der Waals surface area contributed by atoms with E-state index in [1.165, 1.54) is 4.90 Å². The van der Waals surface area contributed by atoms with Crippen molar-refractivity contribution in [2.45, 2.75) is 45.8 Å². The summed E-state index contributed by atoms with van der Waals surface area (Å²) in [5, 5.41) is 0. The lowest BCUT2D eigenvalue weighted by Gasteiger charge is -2.22. The largest absolute Gasteiger partial charge is 0.447 e. The molecule has 0 bridgehead atoms. The topological polar surface area (TPSA) is 55.8 Å². The Bertz CT molecular complexity index is 515. The maximum Gasteiger partial charge on any atom is 0.416 e. The first-order valence-corrected chi connectivity index (χ1v) is 8.20. The third-order valence-electron chi connectivity index (χ3n) is 3.99. The van der Waals surface area contributed by atoms with E-state index in [9.17, 15) is 9.59 Å². The van der Waals surface area contributed by atoms with E-state index < -0.39 is 6.09 Å². The number of imide groups is 1. The van der Waals surface area contributed by atoms with Crippen LogP contribution in [-0.4, -0.2) is 36.2 Å². The normalized spacial score (nSPS) is 17.6. The molecule has 0 N–H and O–H groups in total. The lowest BCUT2D eigenvalue weighted by Crippen LogP contribution is -2.41. The Balaban J connectivity index is 1.64. The molecule has 1 aromatic carbocycles. The van der Waals surface area contributed by atoms with Gasteiger partial charge in [-0.15, -0.1) is 0 Å². The van der Waals surface area contributed by atoms with Crippen LogP contribution in [0.15, 0.2) is 30.3 Å². The molecule has 1 fully saturated rings. The van der Waals surface area contributed by atoms with E-state index in [4.69, 9.17) is 9.47 Å². The van der Waals surface area contributed by atoms with Gasteiger partial charge >= 0.3 is 6.09 Å².